The van der Waals surface area contributed by atoms with E-state index in [0.29, 0.717) is 17.2 Å². The van der Waals surface area contributed by atoms with Gasteiger partial charge in [-0.25, -0.2) is 4.79 Å². The minimum absolute atomic E-state index is 0.122. The largest absolute Gasteiger partial charge is 0.493 e. The van der Waals surface area contributed by atoms with Crippen LogP contribution in [0.3, 0.4) is 0 Å². The van der Waals surface area contributed by atoms with Gasteiger partial charge in [0.05, 0.1) is 18.4 Å². The lowest BCUT2D eigenvalue weighted by Crippen LogP contribution is -2.04. The molecule has 0 atom stereocenters. The molecule has 31 heavy (non-hydrogen) atoms. The van der Waals surface area contributed by atoms with Gasteiger partial charge in [0, 0.05) is 18.8 Å². The van der Waals surface area contributed by atoms with E-state index in [1.54, 1.807) is 55.8 Å². The highest BCUT2D eigenvalue weighted by Gasteiger charge is 2.07. The second kappa shape index (κ2) is 10.1. The van der Waals surface area contributed by atoms with Crippen molar-refractivity contribution in [1.82, 2.24) is 0 Å². The number of nitrogens with one attached hydrogen (secondary N) is 1. The summed E-state index contributed by atoms with van der Waals surface area (Å²) in [6.07, 6.45) is 1.71. The molecule has 0 aliphatic carbocycles. The normalized spacial score (nSPS) is 10.6. The number of anilines is 1. The minimum Gasteiger partial charge on any atom is -0.493 e. The van der Waals surface area contributed by atoms with Crippen LogP contribution in [0.15, 0.2) is 71.7 Å². The molecular formula is C24H22N2O5. The Kier molecular flexibility index (Phi) is 7.01. The molecule has 1 amide bonds. The van der Waals surface area contributed by atoms with Crippen molar-refractivity contribution in [1.29, 1.82) is 0 Å². The van der Waals surface area contributed by atoms with Gasteiger partial charge in [0.1, 0.15) is 6.61 Å². The van der Waals surface area contributed by atoms with Gasteiger partial charge in [0.15, 0.2) is 11.5 Å². The van der Waals surface area contributed by atoms with E-state index in [1.165, 1.54) is 6.92 Å². The number of carbonyl (C=O) groups is 2. The zero-order chi connectivity index (χ0) is 22.2. The molecule has 3 aromatic carbocycles. The van der Waals surface area contributed by atoms with Crippen LogP contribution < -0.4 is 14.8 Å². The van der Waals surface area contributed by atoms with Crippen molar-refractivity contribution in [3.8, 4) is 11.5 Å². The lowest BCUT2D eigenvalue weighted by molar-refractivity contribution is -0.114. The predicted molar refractivity (Wildman–Crippen MR) is 119 cm³/mol. The van der Waals surface area contributed by atoms with Gasteiger partial charge in [0.2, 0.25) is 5.91 Å². The van der Waals surface area contributed by atoms with E-state index in [9.17, 15) is 9.59 Å². The first-order chi connectivity index (χ1) is 14.9. The molecule has 0 aromatic heterocycles. The Bertz CT molecular complexity index is 1090. The van der Waals surface area contributed by atoms with Gasteiger partial charge in [-0.3, -0.25) is 9.79 Å². The number of carboxylic acids is 1. The van der Waals surface area contributed by atoms with Crippen LogP contribution in [0, 0.1) is 0 Å². The van der Waals surface area contributed by atoms with Gasteiger partial charge in [-0.15, -0.1) is 0 Å². The number of carboxylic acid groups (broad SMARTS) is 1. The second-order valence-electron chi connectivity index (χ2n) is 6.69. The molecule has 0 saturated heterocycles. The third-order valence-corrected chi connectivity index (χ3v) is 4.33. The van der Waals surface area contributed by atoms with E-state index < -0.39 is 5.97 Å². The molecule has 7 nitrogen and oxygen atoms in total. The molecule has 3 aromatic rings. The Morgan fingerprint density at radius 3 is 2.32 bits per heavy atom. The molecule has 0 bridgehead atoms. The van der Waals surface area contributed by atoms with Gasteiger partial charge < -0.3 is 19.9 Å². The van der Waals surface area contributed by atoms with Crippen molar-refractivity contribution >= 4 is 29.5 Å². The van der Waals surface area contributed by atoms with Crippen molar-refractivity contribution in [2.75, 3.05) is 12.4 Å². The molecule has 7 heteroatoms. The summed E-state index contributed by atoms with van der Waals surface area (Å²) in [7, 11) is 1.56. The van der Waals surface area contributed by atoms with Crippen molar-refractivity contribution in [3.05, 3.63) is 83.4 Å². The number of nitrogens with zero attached hydrogens (tertiary/aromatic N) is 1. The summed E-state index contributed by atoms with van der Waals surface area (Å²) in [5.74, 6) is 0.0479. The van der Waals surface area contributed by atoms with Gasteiger partial charge in [-0.1, -0.05) is 12.1 Å². The van der Waals surface area contributed by atoms with Crippen LogP contribution in [0.25, 0.3) is 0 Å². The highest BCUT2D eigenvalue weighted by atomic mass is 16.5. The maximum absolute atomic E-state index is 11.1. The number of rotatable bonds is 8. The SMILES string of the molecule is COc1cc(C=Nc2ccc(NC(C)=O)cc2)ccc1OCc1ccc(C(=O)O)cc1. The molecule has 0 unspecified atom stereocenters. The summed E-state index contributed by atoms with van der Waals surface area (Å²) < 4.78 is 11.3. The average Bonchev–Trinajstić information content (AvgIpc) is 2.77. The lowest BCUT2D eigenvalue weighted by atomic mass is 10.1. The Morgan fingerprint density at radius 1 is 1.00 bits per heavy atom. The van der Waals surface area contributed by atoms with E-state index in [1.807, 2.05) is 24.3 Å². The molecule has 0 fully saturated rings. The second-order valence-corrected chi connectivity index (χ2v) is 6.69. The van der Waals surface area contributed by atoms with E-state index >= 15 is 0 Å². The Labute approximate surface area is 180 Å². The van der Waals surface area contributed by atoms with Gasteiger partial charge >= 0.3 is 5.97 Å². The van der Waals surface area contributed by atoms with Crippen LogP contribution in [-0.4, -0.2) is 30.3 Å². The summed E-state index contributed by atoms with van der Waals surface area (Å²) in [6, 6.07) is 19.2. The Hall–Kier alpha value is -4.13. The number of aliphatic imine (C=N–C) groups is 1. The molecule has 0 spiro atoms. The van der Waals surface area contributed by atoms with E-state index in [2.05, 4.69) is 10.3 Å². The first-order valence-electron chi connectivity index (χ1n) is 9.49. The Morgan fingerprint density at radius 2 is 1.71 bits per heavy atom. The van der Waals surface area contributed by atoms with Gasteiger partial charge in [-0.05, 0) is 65.7 Å². The maximum atomic E-state index is 11.1. The molecule has 0 aliphatic heterocycles. The third kappa shape index (κ3) is 6.17. The molecule has 2 N–H and O–H groups in total. The quantitative estimate of drug-likeness (QED) is 0.518. The van der Waals surface area contributed by atoms with E-state index in [0.717, 1.165) is 16.8 Å². The number of benzene rings is 3. The van der Waals surface area contributed by atoms with Crippen molar-refractivity contribution in [2.24, 2.45) is 4.99 Å². The number of methoxy groups -OCH3 is 1. The zero-order valence-corrected chi connectivity index (χ0v) is 17.2. The number of amides is 1. The fourth-order valence-corrected chi connectivity index (χ4v) is 2.77. The van der Waals surface area contributed by atoms with Crippen molar-refractivity contribution in [3.63, 3.8) is 0 Å². The number of aromatic carboxylic acids is 1. The highest BCUT2D eigenvalue weighted by molar-refractivity contribution is 5.89. The van der Waals surface area contributed by atoms with Crippen LogP contribution in [0.4, 0.5) is 11.4 Å². The summed E-state index contributed by atoms with van der Waals surface area (Å²) in [5, 5.41) is 11.7. The van der Waals surface area contributed by atoms with E-state index in [4.69, 9.17) is 14.6 Å². The molecule has 0 heterocycles. The number of carbonyl (C=O) groups excluding carboxylic acids is 1. The Balaban J connectivity index is 1.65. The smallest absolute Gasteiger partial charge is 0.335 e. The first kappa shape index (κ1) is 21.6. The summed E-state index contributed by atoms with van der Waals surface area (Å²) in [4.78, 5) is 26.4. The van der Waals surface area contributed by atoms with Crippen LogP contribution in [0.5, 0.6) is 11.5 Å². The summed E-state index contributed by atoms with van der Waals surface area (Å²) in [6.45, 7) is 1.74. The predicted octanol–water partition coefficient (Wildman–Crippen LogP) is 4.68. The number of ether oxygens (including phenoxy) is 2. The van der Waals surface area contributed by atoms with Crippen LogP contribution in [0.1, 0.15) is 28.4 Å². The van der Waals surface area contributed by atoms with E-state index in [-0.39, 0.29) is 18.1 Å². The molecule has 3 rings (SSSR count). The van der Waals surface area contributed by atoms with Crippen molar-refractivity contribution < 1.29 is 24.2 Å². The molecular weight excluding hydrogens is 396 g/mol. The minimum atomic E-state index is -0.963. The van der Waals surface area contributed by atoms with Crippen LogP contribution in [0.2, 0.25) is 0 Å². The van der Waals surface area contributed by atoms with Crippen molar-refractivity contribution in [2.45, 2.75) is 13.5 Å². The zero-order valence-electron chi connectivity index (χ0n) is 17.2. The van der Waals surface area contributed by atoms with Gasteiger partial charge in [0.25, 0.3) is 0 Å². The number of hydrogen-bond acceptors (Lipinski definition) is 5. The molecule has 0 saturated carbocycles. The first-order valence-corrected chi connectivity index (χ1v) is 9.49. The molecule has 0 aliphatic rings. The van der Waals surface area contributed by atoms with Crippen LogP contribution >= 0.6 is 0 Å². The topological polar surface area (TPSA) is 97.2 Å². The highest BCUT2D eigenvalue weighted by Crippen LogP contribution is 2.28. The fourth-order valence-electron chi connectivity index (χ4n) is 2.77. The number of hydrogen-bond donors (Lipinski definition) is 2. The van der Waals surface area contributed by atoms with Gasteiger partial charge in [-0.2, -0.15) is 0 Å². The average molecular weight is 418 g/mol. The van der Waals surface area contributed by atoms with Crippen LogP contribution in [-0.2, 0) is 11.4 Å². The maximum Gasteiger partial charge on any atom is 0.335 e. The fraction of sp³-hybridized carbons (Fsp3) is 0.125. The summed E-state index contributed by atoms with van der Waals surface area (Å²) >= 11 is 0. The lowest BCUT2D eigenvalue weighted by Gasteiger charge is -2.11. The monoisotopic (exact) mass is 418 g/mol. The third-order valence-electron chi connectivity index (χ3n) is 4.33. The summed E-state index contributed by atoms with van der Waals surface area (Å²) in [5.41, 5.74) is 3.38. The molecule has 0 radical (unpaired) electrons. The standard InChI is InChI=1S/C24H22N2O5/c1-16(27)26-21-10-8-20(9-11-21)25-14-18-5-12-22(23(13-18)30-2)31-15-17-3-6-19(7-4-17)24(28)29/h3-14H,15H2,1-2H3,(H,26,27)(H,28,29). The molecule has 158 valence electrons.